The molecule has 2 N–H and O–H groups in total. The van der Waals surface area contributed by atoms with E-state index in [1.807, 2.05) is 6.07 Å². The molecule has 3 unspecified atom stereocenters. The number of β-amino-alcohol motifs (C(OH)–C–C–N with tert-alkyl or cyclic N) is 1. The highest BCUT2D eigenvalue weighted by Crippen LogP contribution is 2.42. The van der Waals surface area contributed by atoms with Crippen LogP contribution in [0.3, 0.4) is 0 Å². The molecule has 0 spiro atoms. The summed E-state index contributed by atoms with van der Waals surface area (Å²) in [6.07, 6.45) is -0.908. The highest BCUT2D eigenvalue weighted by molar-refractivity contribution is 6.74. The number of benzene rings is 1. The lowest BCUT2D eigenvalue weighted by atomic mass is 9.85. The molecule has 3 atom stereocenters. The van der Waals surface area contributed by atoms with E-state index >= 15 is 0 Å². The van der Waals surface area contributed by atoms with Crippen molar-refractivity contribution in [1.29, 1.82) is 0 Å². The third-order valence-corrected chi connectivity index (χ3v) is 11.6. The highest BCUT2D eigenvalue weighted by atomic mass is 35.5. The van der Waals surface area contributed by atoms with Gasteiger partial charge in [-0.1, -0.05) is 70.8 Å². The molecule has 0 amide bonds. The Labute approximate surface area is 187 Å². The third kappa shape index (κ3) is 5.56. The van der Waals surface area contributed by atoms with Crippen molar-refractivity contribution in [2.45, 2.75) is 77.5 Å². The topological polar surface area (TPSA) is 50.7 Å². The Hall–Kier alpha value is -0.143. The number of halogens is 2. The van der Waals surface area contributed by atoms with Crippen LogP contribution in [0.15, 0.2) is 18.2 Å². The van der Waals surface area contributed by atoms with E-state index in [2.05, 4.69) is 60.0 Å². The molecule has 0 bridgehead atoms. The van der Waals surface area contributed by atoms with E-state index in [1.54, 1.807) is 12.1 Å². The Morgan fingerprint density at radius 3 is 2.28 bits per heavy atom. The number of ether oxygens (including phenoxy) is 1. The molecule has 0 radical (unpaired) electrons. The lowest BCUT2D eigenvalue weighted by molar-refractivity contribution is -0.187. The average Bonchev–Trinajstić information content (AvgIpc) is 2.74. The average molecular weight is 463 g/mol. The Morgan fingerprint density at radius 2 is 1.76 bits per heavy atom. The largest absolute Gasteiger partial charge is 0.413 e. The van der Waals surface area contributed by atoms with Crippen LogP contribution in [-0.2, 0) is 14.8 Å². The van der Waals surface area contributed by atoms with E-state index in [0.717, 1.165) is 5.56 Å². The van der Waals surface area contributed by atoms with Gasteiger partial charge in [-0.25, -0.2) is 0 Å². The molecular formula is C22H37Cl2NO3Si. The molecule has 0 saturated carbocycles. The second-order valence-electron chi connectivity index (χ2n) is 10.7. The van der Waals surface area contributed by atoms with Gasteiger partial charge < -0.3 is 19.6 Å². The molecule has 0 aliphatic carbocycles. The van der Waals surface area contributed by atoms with Crippen molar-refractivity contribution in [3.8, 4) is 0 Å². The van der Waals surface area contributed by atoms with Gasteiger partial charge in [0, 0.05) is 13.1 Å². The summed E-state index contributed by atoms with van der Waals surface area (Å²) in [7, 11) is -2.08. The predicted molar refractivity (Wildman–Crippen MR) is 124 cm³/mol. The minimum atomic E-state index is -2.08. The second kappa shape index (κ2) is 8.77. The Bertz CT molecular complexity index is 715. The van der Waals surface area contributed by atoms with Gasteiger partial charge in [0.15, 0.2) is 8.32 Å². The van der Waals surface area contributed by atoms with Crippen molar-refractivity contribution in [2.75, 3.05) is 19.7 Å². The van der Waals surface area contributed by atoms with Gasteiger partial charge in [-0.05, 0) is 41.2 Å². The Balaban J connectivity index is 2.55. The van der Waals surface area contributed by atoms with Crippen molar-refractivity contribution >= 4 is 31.5 Å². The molecule has 1 fully saturated rings. The van der Waals surface area contributed by atoms with Crippen molar-refractivity contribution in [3.05, 3.63) is 33.8 Å². The molecule has 2 rings (SSSR count). The summed E-state index contributed by atoms with van der Waals surface area (Å²) in [6, 6.07) is 5.44. The Morgan fingerprint density at radius 1 is 1.14 bits per heavy atom. The van der Waals surface area contributed by atoms with Gasteiger partial charge in [0.25, 0.3) is 0 Å². The van der Waals surface area contributed by atoms with E-state index in [-0.39, 0.29) is 23.2 Å². The first-order valence-corrected chi connectivity index (χ1v) is 13.9. The van der Waals surface area contributed by atoms with Crippen LogP contribution in [0.25, 0.3) is 0 Å². The summed E-state index contributed by atoms with van der Waals surface area (Å²) in [4.78, 5) is 0. The van der Waals surface area contributed by atoms with Gasteiger partial charge in [0.2, 0.25) is 0 Å². The molecule has 166 valence electrons. The van der Waals surface area contributed by atoms with E-state index in [9.17, 15) is 5.11 Å². The van der Waals surface area contributed by atoms with E-state index in [1.165, 1.54) is 0 Å². The van der Waals surface area contributed by atoms with E-state index in [4.69, 9.17) is 32.4 Å². The number of aliphatic hydroxyl groups is 1. The second-order valence-corrected chi connectivity index (χ2v) is 16.3. The fraction of sp³-hybridized carbons (Fsp3) is 0.727. The zero-order chi connectivity index (χ0) is 22.3. The quantitative estimate of drug-likeness (QED) is 0.572. The molecule has 4 nitrogen and oxygen atoms in total. The monoisotopic (exact) mass is 461 g/mol. The first-order valence-electron chi connectivity index (χ1n) is 10.3. The number of rotatable bonds is 4. The molecule has 1 aromatic carbocycles. The van der Waals surface area contributed by atoms with Gasteiger partial charge in [-0.3, -0.25) is 0 Å². The van der Waals surface area contributed by atoms with Crippen molar-refractivity contribution in [3.63, 3.8) is 0 Å². The van der Waals surface area contributed by atoms with Gasteiger partial charge in [0.05, 0.1) is 22.8 Å². The van der Waals surface area contributed by atoms with Gasteiger partial charge in [0.1, 0.15) is 11.7 Å². The molecule has 0 aromatic heterocycles. The van der Waals surface area contributed by atoms with Crippen molar-refractivity contribution in [2.24, 2.45) is 5.41 Å². The van der Waals surface area contributed by atoms with Gasteiger partial charge in [-0.15, -0.1) is 0 Å². The van der Waals surface area contributed by atoms with Gasteiger partial charge in [-0.2, -0.15) is 0 Å². The van der Waals surface area contributed by atoms with E-state index in [0.29, 0.717) is 23.1 Å². The van der Waals surface area contributed by atoms with Crippen LogP contribution in [0.5, 0.6) is 0 Å². The maximum Gasteiger partial charge on any atom is 0.192 e. The summed E-state index contributed by atoms with van der Waals surface area (Å²) >= 11 is 12.5. The van der Waals surface area contributed by atoms with Crippen LogP contribution < -0.4 is 5.32 Å². The number of nitrogens with one attached hydrogen (secondary N) is 1. The maximum absolute atomic E-state index is 11.3. The number of hydrogen-bond donors (Lipinski definition) is 2. The standard InChI is InChI=1S/C22H37Cl2NO3Si/c1-20(2,3)19-13-25-12-18(26)22(28-19,14-27-29(7,8)21(4,5)6)15-9-10-16(23)17(24)11-15/h9-11,18-19,25-26H,12-14H2,1-8H3. The zero-order valence-corrected chi connectivity index (χ0v) is 21.5. The lowest BCUT2D eigenvalue weighted by Gasteiger charge is -2.45. The fourth-order valence-corrected chi connectivity index (χ4v) is 4.42. The summed E-state index contributed by atoms with van der Waals surface area (Å²) in [5, 5.41) is 15.6. The fourth-order valence-electron chi connectivity index (χ4n) is 3.11. The minimum Gasteiger partial charge on any atom is -0.413 e. The minimum absolute atomic E-state index is 0.0448. The Kier molecular flexibility index (Phi) is 7.60. The highest BCUT2D eigenvalue weighted by Gasteiger charge is 2.49. The number of aliphatic hydroxyl groups excluding tert-OH is 1. The molecule has 1 aliphatic rings. The van der Waals surface area contributed by atoms with Crippen molar-refractivity contribution < 1.29 is 14.3 Å². The normalized spacial score (nSPS) is 27.0. The van der Waals surface area contributed by atoms with E-state index < -0.39 is 20.0 Å². The van der Waals surface area contributed by atoms with Crippen LogP contribution >= 0.6 is 23.2 Å². The molecule has 1 saturated heterocycles. The number of hydrogen-bond acceptors (Lipinski definition) is 4. The molecule has 1 aromatic rings. The zero-order valence-electron chi connectivity index (χ0n) is 19.0. The van der Waals surface area contributed by atoms with Crippen molar-refractivity contribution in [1.82, 2.24) is 5.32 Å². The smallest absolute Gasteiger partial charge is 0.192 e. The predicted octanol–water partition coefficient (Wildman–Crippen LogP) is 5.61. The summed E-state index contributed by atoms with van der Waals surface area (Å²) in [5.74, 6) is 0. The molecule has 1 aliphatic heterocycles. The summed E-state index contributed by atoms with van der Waals surface area (Å²) in [5.41, 5.74) is -0.364. The summed E-state index contributed by atoms with van der Waals surface area (Å²) < 4.78 is 13.3. The first-order chi connectivity index (χ1) is 13.1. The molecule has 1 heterocycles. The molecule has 29 heavy (non-hydrogen) atoms. The first kappa shape index (κ1) is 25.1. The van der Waals surface area contributed by atoms with Crippen LogP contribution in [0.4, 0.5) is 0 Å². The molecular weight excluding hydrogens is 425 g/mol. The van der Waals surface area contributed by atoms with Crippen LogP contribution in [0.1, 0.15) is 47.1 Å². The summed E-state index contributed by atoms with van der Waals surface area (Å²) in [6.45, 7) is 18.8. The van der Waals surface area contributed by atoms with Crippen LogP contribution in [-0.4, -0.2) is 45.3 Å². The van der Waals surface area contributed by atoms with Crippen LogP contribution in [0, 0.1) is 5.41 Å². The lowest BCUT2D eigenvalue weighted by Crippen LogP contribution is -2.53. The van der Waals surface area contributed by atoms with Gasteiger partial charge >= 0.3 is 0 Å². The molecule has 7 heteroatoms. The maximum atomic E-state index is 11.3. The third-order valence-electron chi connectivity index (χ3n) is 6.39. The van der Waals surface area contributed by atoms with Crippen LogP contribution in [0.2, 0.25) is 28.2 Å². The SMILES string of the molecule is CC(C)(C)C1CNCC(O)C(CO[Si](C)(C)C(C)(C)C)(c2ccc(Cl)c(Cl)c2)O1.